The lowest BCUT2D eigenvalue weighted by Gasteiger charge is -2.30. The summed E-state index contributed by atoms with van der Waals surface area (Å²) in [7, 11) is 0. The molecule has 0 fully saturated rings. The van der Waals surface area contributed by atoms with Gasteiger partial charge >= 0.3 is 0 Å². The molecular weight excluding hydrogens is 354 g/mol. The zero-order valence-corrected chi connectivity index (χ0v) is 15.8. The van der Waals surface area contributed by atoms with Gasteiger partial charge in [-0.1, -0.05) is 30.3 Å². The number of anilines is 2. The third-order valence-corrected chi connectivity index (χ3v) is 4.77. The van der Waals surface area contributed by atoms with E-state index in [0.717, 1.165) is 11.3 Å². The van der Waals surface area contributed by atoms with E-state index in [1.165, 1.54) is 0 Å². The summed E-state index contributed by atoms with van der Waals surface area (Å²) in [5.41, 5.74) is 2.27. The van der Waals surface area contributed by atoms with Gasteiger partial charge in [0.1, 0.15) is 19.4 Å². The molecule has 0 saturated carbocycles. The largest absolute Gasteiger partial charge is 0.308 e. The first kappa shape index (κ1) is 17.9. The second-order valence-corrected chi connectivity index (χ2v) is 6.97. The molecule has 0 unspecified atom stereocenters. The fourth-order valence-corrected chi connectivity index (χ4v) is 3.55. The maximum atomic E-state index is 13.2. The summed E-state index contributed by atoms with van der Waals surface area (Å²) in [5.74, 6) is 0.320. The first-order valence-corrected chi connectivity index (χ1v) is 9.21. The molecule has 0 bridgehead atoms. The fraction of sp³-hybridized carbons (Fsp3) is 0.238. The van der Waals surface area contributed by atoms with Crippen molar-refractivity contribution in [3.05, 3.63) is 60.9 Å². The van der Waals surface area contributed by atoms with E-state index in [0.29, 0.717) is 11.5 Å². The number of hydrogen-bond acceptors (Lipinski definition) is 4. The third-order valence-electron chi connectivity index (χ3n) is 4.77. The summed E-state index contributed by atoms with van der Waals surface area (Å²) in [6, 6.07) is 17.0. The van der Waals surface area contributed by atoms with Crippen LogP contribution in [0.1, 0.15) is 13.8 Å². The lowest BCUT2D eigenvalue weighted by molar-refractivity contribution is -0.123. The average Bonchev–Trinajstić information content (AvgIpc) is 3.11. The Bertz CT molecular complexity index is 1010. The van der Waals surface area contributed by atoms with Gasteiger partial charge in [0.05, 0.1) is 5.69 Å². The van der Waals surface area contributed by atoms with Crippen molar-refractivity contribution in [2.24, 2.45) is 0 Å². The molecule has 0 radical (unpaired) electrons. The van der Waals surface area contributed by atoms with Gasteiger partial charge in [-0.25, -0.2) is 0 Å². The third kappa shape index (κ3) is 3.15. The Balaban J connectivity index is 1.70. The molecule has 2 heterocycles. The maximum Gasteiger partial charge on any atom is 0.247 e. The number of fused-ring (bicyclic) bond motifs is 3. The van der Waals surface area contributed by atoms with Crippen LogP contribution in [0.4, 0.5) is 11.4 Å². The van der Waals surface area contributed by atoms with Crippen LogP contribution >= 0.6 is 0 Å². The Hall–Kier alpha value is -3.48. The SMILES string of the molecule is CC(C)N(C(=O)CN1C(=O)Cn2cnnc2-c2ccccc21)c1ccccc1. The van der Waals surface area contributed by atoms with E-state index in [1.807, 2.05) is 68.4 Å². The monoisotopic (exact) mass is 375 g/mol. The normalized spacial score (nSPS) is 13.1. The first-order chi connectivity index (χ1) is 13.6. The number of benzene rings is 2. The molecule has 1 aliphatic heterocycles. The van der Waals surface area contributed by atoms with E-state index < -0.39 is 0 Å². The molecule has 2 aromatic carbocycles. The van der Waals surface area contributed by atoms with E-state index in [9.17, 15) is 9.59 Å². The van der Waals surface area contributed by atoms with Crippen molar-refractivity contribution in [3.8, 4) is 11.4 Å². The van der Waals surface area contributed by atoms with Gasteiger partial charge in [0.15, 0.2) is 5.82 Å². The fourth-order valence-electron chi connectivity index (χ4n) is 3.55. The smallest absolute Gasteiger partial charge is 0.247 e. The van der Waals surface area contributed by atoms with Gasteiger partial charge in [-0.05, 0) is 38.1 Å². The summed E-state index contributed by atoms with van der Waals surface area (Å²) in [6.07, 6.45) is 1.54. The van der Waals surface area contributed by atoms with Gasteiger partial charge in [0.2, 0.25) is 11.8 Å². The Labute approximate surface area is 163 Å². The van der Waals surface area contributed by atoms with E-state index in [-0.39, 0.29) is 30.9 Å². The number of rotatable bonds is 4. The molecule has 0 N–H and O–H groups in total. The second-order valence-electron chi connectivity index (χ2n) is 6.97. The van der Waals surface area contributed by atoms with Gasteiger partial charge < -0.3 is 14.4 Å². The molecule has 142 valence electrons. The Morgan fingerprint density at radius 3 is 2.57 bits per heavy atom. The second kappa shape index (κ2) is 7.26. The average molecular weight is 375 g/mol. The van der Waals surface area contributed by atoms with E-state index in [2.05, 4.69) is 10.2 Å². The zero-order valence-electron chi connectivity index (χ0n) is 15.8. The Morgan fingerprint density at radius 2 is 1.82 bits per heavy atom. The van der Waals surface area contributed by atoms with Crippen LogP contribution in [0.5, 0.6) is 0 Å². The molecule has 7 heteroatoms. The number of carbonyl (C=O) groups is 2. The molecule has 0 saturated heterocycles. The first-order valence-electron chi connectivity index (χ1n) is 9.21. The summed E-state index contributed by atoms with van der Waals surface area (Å²) >= 11 is 0. The molecule has 3 aromatic rings. The molecule has 28 heavy (non-hydrogen) atoms. The topological polar surface area (TPSA) is 71.3 Å². The highest BCUT2D eigenvalue weighted by Crippen LogP contribution is 2.32. The van der Waals surface area contributed by atoms with Gasteiger partial charge in [-0.15, -0.1) is 10.2 Å². The molecule has 0 spiro atoms. The van der Waals surface area contributed by atoms with Crippen molar-refractivity contribution < 1.29 is 9.59 Å². The predicted octanol–water partition coefficient (Wildman–Crippen LogP) is 2.73. The minimum Gasteiger partial charge on any atom is -0.308 e. The van der Waals surface area contributed by atoms with Crippen molar-refractivity contribution in [1.29, 1.82) is 0 Å². The maximum absolute atomic E-state index is 13.2. The molecule has 1 aliphatic rings. The minimum absolute atomic E-state index is 0.0353. The predicted molar refractivity (Wildman–Crippen MR) is 107 cm³/mol. The van der Waals surface area contributed by atoms with Crippen molar-refractivity contribution in [1.82, 2.24) is 14.8 Å². The van der Waals surface area contributed by atoms with E-state index in [1.54, 1.807) is 20.7 Å². The van der Waals surface area contributed by atoms with Crippen LogP contribution in [0, 0.1) is 0 Å². The number of amides is 2. The van der Waals surface area contributed by atoms with E-state index in [4.69, 9.17) is 0 Å². The molecule has 4 rings (SSSR count). The molecular formula is C21H21N5O2. The Morgan fingerprint density at radius 1 is 1.11 bits per heavy atom. The van der Waals surface area contributed by atoms with Crippen LogP contribution in [0.2, 0.25) is 0 Å². The van der Waals surface area contributed by atoms with Crippen molar-refractivity contribution in [3.63, 3.8) is 0 Å². The lowest BCUT2D eigenvalue weighted by atomic mass is 10.1. The van der Waals surface area contributed by atoms with Crippen molar-refractivity contribution in [2.75, 3.05) is 16.3 Å². The molecule has 2 amide bonds. The van der Waals surface area contributed by atoms with Crippen molar-refractivity contribution in [2.45, 2.75) is 26.4 Å². The minimum atomic E-state index is -0.170. The zero-order chi connectivity index (χ0) is 19.7. The summed E-state index contributed by atoms with van der Waals surface area (Å²) < 4.78 is 1.71. The van der Waals surface area contributed by atoms with E-state index >= 15 is 0 Å². The standard InChI is InChI=1S/C21H21N5O2/c1-15(2)26(16-8-4-3-5-9-16)20(28)13-25-18-11-7-6-10-17(18)21-23-22-14-24(21)12-19(25)27/h3-11,14-15H,12-13H2,1-2H3. The molecule has 0 aliphatic carbocycles. The van der Waals surface area contributed by atoms with Crippen LogP contribution in [-0.4, -0.2) is 39.2 Å². The number of para-hydroxylation sites is 2. The highest BCUT2D eigenvalue weighted by Gasteiger charge is 2.30. The van der Waals surface area contributed by atoms with Crippen LogP contribution < -0.4 is 9.80 Å². The van der Waals surface area contributed by atoms with Gasteiger partial charge in [0, 0.05) is 17.3 Å². The van der Waals surface area contributed by atoms with Gasteiger partial charge in [0.25, 0.3) is 0 Å². The number of hydrogen-bond donors (Lipinski definition) is 0. The number of carbonyl (C=O) groups excluding carboxylic acids is 2. The number of aromatic nitrogens is 3. The molecule has 1 aromatic heterocycles. The number of nitrogens with zero attached hydrogens (tertiary/aromatic N) is 5. The Kier molecular flexibility index (Phi) is 4.65. The van der Waals surface area contributed by atoms with Gasteiger partial charge in [-0.3, -0.25) is 9.59 Å². The van der Waals surface area contributed by atoms with Crippen LogP contribution in [-0.2, 0) is 16.1 Å². The van der Waals surface area contributed by atoms with Crippen LogP contribution in [0.15, 0.2) is 60.9 Å². The van der Waals surface area contributed by atoms with Crippen LogP contribution in [0.25, 0.3) is 11.4 Å². The lowest BCUT2D eigenvalue weighted by Crippen LogP contribution is -2.46. The molecule has 7 nitrogen and oxygen atoms in total. The highest BCUT2D eigenvalue weighted by molar-refractivity contribution is 6.06. The van der Waals surface area contributed by atoms with Gasteiger partial charge in [-0.2, -0.15) is 0 Å². The molecule has 0 atom stereocenters. The van der Waals surface area contributed by atoms with Crippen molar-refractivity contribution >= 4 is 23.2 Å². The quantitative estimate of drug-likeness (QED) is 0.703. The highest BCUT2D eigenvalue weighted by atomic mass is 16.2. The summed E-state index contributed by atoms with van der Waals surface area (Å²) in [4.78, 5) is 29.5. The van der Waals surface area contributed by atoms with Crippen LogP contribution in [0.3, 0.4) is 0 Å². The summed E-state index contributed by atoms with van der Waals surface area (Å²) in [6.45, 7) is 3.98. The summed E-state index contributed by atoms with van der Waals surface area (Å²) in [5, 5.41) is 8.08.